The molecule has 0 amide bonds. The van der Waals surface area contributed by atoms with Gasteiger partial charge in [0.25, 0.3) is 5.69 Å². The number of nitrogens with zero attached hydrogens (tertiary/aromatic N) is 3. The first-order valence-electron chi connectivity index (χ1n) is 10.3. The van der Waals surface area contributed by atoms with Gasteiger partial charge in [-0.25, -0.2) is 0 Å². The molecule has 0 unspecified atom stereocenters. The summed E-state index contributed by atoms with van der Waals surface area (Å²) < 4.78 is 0.724. The molecule has 1 aliphatic heterocycles. The third-order valence-corrected chi connectivity index (χ3v) is 8.01. The number of halogens is 1. The average Bonchev–Trinajstić information content (AvgIpc) is 3.43. The van der Waals surface area contributed by atoms with Crippen molar-refractivity contribution in [3.8, 4) is 0 Å². The van der Waals surface area contributed by atoms with Gasteiger partial charge in [0, 0.05) is 38.7 Å². The van der Waals surface area contributed by atoms with Crippen LogP contribution in [0.5, 0.6) is 0 Å². The van der Waals surface area contributed by atoms with Crippen LogP contribution in [0.25, 0.3) is 0 Å². The number of hydrogen-bond acceptors (Lipinski definition) is 6. The number of hydrogen-bond donors (Lipinski definition) is 1. The molecule has 1 aliphatic rings. The molecule has 1 fully saturated rings. The van der Waals surface area contributed by atoms with E-state index in [0.717, 1.165) is 30.4 Å². The first-order chi connectivity index (χ1) is 16.5. The maximum atomic E-state index is 10.9. The summed E-state index contributed by atoms with van der Waals surface area (Å²) in [7, 11) is 0. The number of nitro groups is 1. The number of rotatable bonds is 6. The standard InChI is InChI=1S/C24H17ClN4O2S3/c25-21-13-12-20(34-21)23-22(19-3-1-2-14-26-19)27-24(32)28(23)15-4-8-17(9-5-15)33-18-10-6-16(7-11-18)29(30)31/h1-14,22-23H,(H,27,32)/t22-,23-/m0/s1. The Labute approximate surface area is 214 Å². The Hall–Kier alpha value is -2.98. The number of aromatic nitrogens is 1. The number of thiophene rings is 1. The average molecular weight is 525 g/mol. The molecule has 170 valence electrons. The van der Waals surface area contributed by atoms with Gasteiger partial charge in [0.05, 0.1) is 27.0 Å². The summed E-state index contributed by atoms with van der Waals surface area (Å²) in [6.45, 7) is 0. The molecular formula is C24H17ClN4O2S3. The Bertz CT molecular complexity index is 1330. The van der Waals surface area contributed by atoms with Crippen LogP contribution in [-0.2, 0) is 0 Å². The fraction of sp³-hybridized carbons (Fsp3) is 0.0833. The van der Waals surface area contributed by atoms with E-state index < -0.39 is 4.92 Å². The van der Waals surface area contributed by atoms with Crippen molar-refractivity contribution in [1.29, 1.82) is 0 Å². The minimum absolute atomic E-state index is 0.0805. The zero-order valence-electron chi connectivity index (χ0n) is 17.5. The SMILES string of the molecule is O=[N+]([O-])c1ccc(Sc2ccc(N3C(=S)N[C@@H](c4ccccn4)[C@@H]3c3ccc(Cl)s3)cc2)cc1. The van der Waals surface area contributed by atoms with Crippen LogP contribution >= 0.6 is 46.9 Å². The maximum absolute atomic E-state index is 10.9. The van der Waals surface area contributed by atoms with Gasteiger partial charge in [0.15, 0.2) is 5.11 Å². The number of pyridine rings is 1. The highest BCUT2D eigenvalue weighted by atomic mass is 35.5. The smallest absolute Gasteiger partial charge is 0.269 e. The summed E-state index contributed by atoms with van der Waals surface area (Å²) in [6, 6.07) is 24.2. The van der Waals surface area contributed by atoms with Crippen LogP contribution in [0.15, 0.2) is 94.9 Å². The van der Waals surface area contributed by atoms with E-state index >= 15 is 0 Å². The van der Waals surface area contributed by atoms with Crippen LogP contribution < -0.4 is 10.2 Å². The molecule has 2 atom stereocenters. The van der Waals surface area contributed by atoms with Crippen LogP contribution in [0.4, 0.5) is 11.4 Å². The number of nitro benzene ring substituents is 1. The van der Waals surface area contributed by atoms with E-state index in [0.29, 0.717) is 5.11 Å². The van der Waals surface area contributed by atoms with E-state index in [4.69, 9.17) is 23.8 Å². The van der Waals surface area contributed by atoms with Gasteiger partial charge in [-0.2, -0.15) is 0 Å². The van der Waals surface area contributed by atoms with Gasteiger partial charge in [-0.1, -0.05) is 29.4 Å². The van der Waals surface area contributed by atoms with Gasteiger partial charge in [-0.05, 0) is 72.9 Å². The Morgan fingerprint density at radius 2 is 1.74 bits per heavy atom. The lowest BCUT2D eigenvalue weighted by Crippen LogP contribution is -2.29. The van der Waals surface area contributed by atoms with Crippen molar-refractivity contribution < 1.29 is 4.92 Å². The number of non-ortho nitro benzene ring substituents is 1. The van der Waals surface area contributed by atoms with Crippen LogP contribution in [0.1, 0.15) is 22.7 Å². The van der Waals surface area contributed by atoms with Crippen molar-refractivity contribution in [3.63, 3.8) is 0 Å². The molecule has 1 N–H and O–H groups in total. The summed E-state index contributed by atoms with van der Waals surface area (Å²) in [5.41, 5.74) is 1.95. The summed E-state index contributed by atoms with van der Waals surface area (Å²) in [6.07, 6.45) is 1.78. The molecule has 34 heavy (non-hydrogen) atoms. The van der Waals surface area contributed by atoms with Crippen molar-refractivity contribution in [2.24, 2.45) is 0 Å². The fourth-order valence-electron chi connectivity index (χ4n) is 3.86. The zero-order valence-corrected chi connectivity index (χ0v) is 20.7. The molecule has 0 aliphatic carbocycles. The second kappa shape index (κ2) is 9.71. The summed E-state index contributed by atoms with van der Waals surface area (Å²) in [5.74, 6) is 0. The van der Waals surface area contributed by atoms with Gasteiger partial charge < -0.3 is 10.2 Å². The van der Waals surface area contributed by atoms with Gasteiger partial charge in [0.2, 0.25) is 0 Å². The third kappa shape index (κ3) is 4.65. The minimum atomic E-state index is -0.397. The van der Waals surface area contributed by atoms with Crippen molar-refractivity contribution in [2.45, 2.75) is 21.9 Å². The van der Waals surface area contributed by atoms with E-state index in [-0.39, 0.29) is 17.8 Å². The lowest BCUT2D eigenvalue weighted by Gasteiger charge is -2.27. The van der Waals surface area contributed by atoms with Crippen LogP contribution in [0.3, 0.4) is 0 Å². The second-order valence-electron chi connectivity index (χ2n) is 7.49. The van der Waals surface area contributed by atoms with Crippen molar-refractivity contribution in [1.82, 2.24) is 10.3 Å². The highest BCUT2D eigenvalue weighted by Gasteiger charge is 2.41. The van der Waals surface area contributed by atoms with E-state index in [9.17, 15) is 10.1 Å². The van der Waals surface area contributed by atoms with Gasteiger partial charge >= 0.3 is 0 Å². The molecule has 4 aromatic rings. The molecule has 2 aromatic heterocycles. The number of benzene rings is 2. The first-order valence-corrected chi connectivity index (χ1v) is 12.7. The molecule has 0 radical (unpaired) electrons. The highest BCUT2D eigenvalue weighted by molar-refractivity contribution is 7.99. The van der Waals surface area contributed by atoms with E-state index in [2.05, 4.69) is 15.2 Å². The molecule has 3 heterocycles. The predicted molar refractivity (Wildman–Crippen MR) is 141 cm³/mol. The molecule has 6 nitrogen and oxygen atoms in total. The van der Waals surface area contributed by atoms with Crippen LogP contribution in [-0.4, -0.2) is 15.0 Å². The minimum Gasteiger partial charge on any atom is -0.351 e. The Morgan fingerprint density at radius 3 is 2.32 bits per heavy atom. The highest BCUT2D eigenvalue weighted by Crippen LogP contribution is 2.44. The third-order valence-electron chi connectivity index (χ3n) is 5.38. The van der Waals surface area contributed by atoms with Gasteiger partial charge in [0.1, 0.15) is 0 Å². The van der Waals surface area contributed by atoms with Crippen molar-refractivity contribution >= 4 is 63.4 Å². The fourth-order valence-corrected chi connectivity index (χ4v) is 6.21. The normalized spacial score (nSPS) is 17.6. The topological polar surface area (TPSA) is 71.3 Å². The Balaban J connectivity index is 1.43. The van der Waals surface area contributed by atoms with E-state index in [1.54, 1.807) is 30.1 Å². The first kappa shape index (κ1) is 22.8. The number of nitrogens with one attached hydrogen (secondary N) is 1. The maximum Gasteiger partial charge on any atom is 0.269 e. The summed E-state index contributed by atoms with van der Waals surface area (Å²) >= 11 is 15.1. The molecule has 0 spiro atoms. The van der Waals surface area contributed by atoms with Crippen molar-refractivity contribution in [3.05, 3.63) is 110 Å². The molecular weight excluding hydrogens is 508 g/mol. The monoisotopic (exact) mass is 524 g/mol. The largest absolute Gasteiger partial charge is 0.351 e. The molecule has 1 saturated heterocycles. The van der Waals surface area contributed by atoms with Gasteiger partial charge in [-0.3, -0.25) is 15.1 Å². The van der Waals surface area contributed by atoms with Gasteiger partial charge in [-0.15, -0.1) is 11.3 Å². The Kier molecular flexibility index (Phi) is 6.51. The van der Waals surface area contributed by atoms with E-state index in [1.165, 1.54) is 23.5 Å². The van der Waals surface area contributed by atoms with Crippen LogP contribution in [0.2, 0.25) is 4.34 Å². The second-order valence-corrected chi connectivity index (χ2v) is 10.8. The Morgan fingerprint density at radius 1 is 1.03 bits per heavy atom. The zero-order chi connectivity index (χ0) is 23.7. The number of anilines is 1. The lowest BCUT2D eigenvalue weighted by atomic mass is 10.0. The molecule has 10 heteroatoms. The lowest BCUT2D eigenvalue weighted by molar-refractivity contribution is -0.384. The van der Waals surface area contributed by atoms with Crippen molar-refractivity contribution in [2.75, 3.05) is 4.90 Å². The summed E-state index contributed by atoms with van der Waals surface area (Å²) in [4.78, 5) is 20.2. The molecule has 0 bridgehead atoms. The quantitative estimate of drug-likeness (QED) is 0.165. The molecule has 0 saturated carbocycles. The van der Waals surface area contributed by atoms with Crippen LogP contribution in [0, 0.1) is 10.1 Å². The number of thiocarbonyl (C=S) groups is 1. The van der Waals surface area contributed by atoms with E-state index in [1.807, 2.05) is 54.6 Å². The molecule has 5 rings (SSSR count). The summed E-state index contributed by atoms with van der Waals surface area (Å²) in [5, 5.41) is 14.9. The predicted octanol–water partition coefficient (Wildman–Crippen LogP) is 7.03. The molecule has 2 aromatic carbocycles.